The van der Waals surface area contributed by atoms with Crippen molar-refractivity contribution in [3.8, 4) is 11.5 Å². The number of benzene rings is 1. The number of halogens is 1. The highest BCUT2D eigenvalue weighted by molar-refractivity contribution is 14.0. The number of phenols is 1. The summed E-state index contributed by atoms with van der Waals surface area (Å²) in [5.74, 6) is 1.52. The highest BCUT2D eigenvalue weighted by Crippen LogP contribution is 2.26. The van der Waals surface area contributed by atoms with Gasteiger partial charge in [-0.3, -0.25) is 0 Å². The van der Waals surface area contributed by atoms with Crippen LogP contribution in [0.15, 0.2) is 23.2 Å². The van der Waals surface area contributed by atoms with Crippen LogP contribution in [-0.2, 0) is 6.54 Å². The molecule has 0 bridgehead atoms. The van der Waals surface area contributed by atoms with Crippen molar-refractivity contribution in [2.24, 2.45) is 4.99 Å². The molecule has 0 saturated carbocycles. The van der Waals surface area contributed by atoms with Crippen LogP contribution in [0.3, 0.4) is 0 Å². The smallest absolute Gasteiger partial charge is 0.193 e. The summed E-state index contributed by atoms with van der Waals surface area (Å²) < 4.78 is 5.04. The molecule has 0 unspecified atom stereocenters. The molecule has 0 aliphatic rings. The van der Waals surface area contributed by atoms with Crippen molar-refractivity contribution in [1.29, 1.82) is 0 Å². The molecule has 6 heteroatoms. The number of unbranched alkanes of at least 4 members (excludes halogenated alkanes) is 1. The molecule has 1 rings (SSSR count). The molecule has 0 spiro atoms. The normalized spacial score (nSPS) is 10.8. The van der Waals surface area contributed by atoms with Gasteiger partial charge in [-0.1, -0.05) is 19.4 Å². The molecular formula is C16H28IN3O2. The number of aliphatic imine (C=N–C) groups is 1. The third kappa shape index (κ3) is 6.72. The van der Waals surface area contributed by atoms with Crippen LogP contribution in [0.25, 0.3) is 0 Å². The second-order valence-corrected chi connectivity index (χ2v) is 4.95. The van der Waals surface area contributed by atoms with Crippen LogP contribution in [-0.4, -0.2) is 43.2 Å². The number of phenolic OH excluding ortho intramolecular Hbond substituents is 1. The number of nitrogens with one attached hydrogen (secondary N) is 1. The van der Waals surface area contributed by atoms with Gasteiger partial charge < -0.3 is 20.1 Å². The van der Waals surface area contributed by atoms with E-state index in [1.54, 1.807) is 19.2 Å². The highest BCUT2D eigenvalue weighted by Gasteiger charge is 2.06. The summed E-state index contributed by atoms with van der Waals surface area (Å²) in [5, 5.41) is 13.1. The van der Waals surface area contributed by atoms with Gasteiger partial charge in [0.05, 0.1) is 13.7 Å². The van der Waals surface area contributed by atoms with E-state index in [-0.39, 0.29) is 29.7 Å². The molecule has 1 aromatic carbocycles. The number of aromatic hydroxyl groups is 1. The standard InChI is InChI=1S/C16H27N3O2.HI/c1-5-7-10-19(3)16(17-6-2)18-12-13-8-9-15(21-4)14(20)11-13;/h8-9,11,20H,5-7,10,12H2,1-4H3,(H,17,18);1H. The van der Waals surface area contributed by atoms with Crippen LogP contribution < -0.4 is 10.1 Å². The molecule has 0 radical (unpaired) electrons. The summed E-state index contributed by atoms with van der Waals surface area (Å²) in [4.78, 5) is 6.75. The molecule has 0 atom stereocenters. The van der Waals surface area contributed by atoms with E-state index < -0.39 is 0 Å². The van der Waals surface area contributed by atoms with Gasteiger partial charge in [0.1, 0.15) is 0 Å². The van der Waals surface area contributed by atoms with Crippen LogP contribution in [0.2, 0.25) is 0 Å². The molecule has 0 aliphatic heterocycles. The lowest BCUT2D eigenvalue weighted by Gasteiger charge is -2.21. The van der Waals surface area contributed by atoms with Gasteiger partial charge in [0.2, 0.25) is 0 Å². The van der Waals surface area contributed by atoms with Crippen molar-refractivity contribution in [2.75, 3.05) is 27.2 Å². The summed E-state index contributed by atoms with van der Waals surface area (Å²) in [5.41, 5.74) is 0.951. The van der Waals surface area contributed by atoms with Crippen LogP contribution in [0.5, 0.6) is 11.5 Å². The maximum atomic E-state index is 9.79. The molecule has 0 fully saturated rings. The van der Waals surface area contributed by atoms with Gasteiger partial charge in [-0.2, -0.15) is 0 Å². The van der Waals surface area contributed by atoms with Gasteiger partial charge in [-0.25, -0.2) is 4.99 Å². The fraction of sp³-hybridized carbons (Fsp3) is 0.562. The van der Waals surface area contributed by atoms with E-state index in [9.17, 15) is 5.11 Å². The summed E-state index contributed by atoms with van der Waals surface area (Å²) >= 11 is 0. The maximum absolute atomic E-state index is 9.79. The topological polar surface area (TPSA) is 57.1 Å². The Bertz CT molecular complexity index is 467. The summed E-state index contributed by atoms with van der Waals surface area (Å²) in [7, 11) is 3.58. The fourth-order valence-electron chi connectivity index (χ4n) is 1.97. The number of hydrogen-bond donors (Lipinski definition) is 2. The van der Waals surface area contributed by atoms with Gasteiger partial charge in [0.25, 0.3) is 0 Å². The third-order valence-corrected chi connectivity index (χ3v) is 3.20. The SMILES string of the molecule is CCCCN(C)C(=NCc1ccc(OC)c(O)c1)NCC.I. The predicted molar refractivity (Wildman–Crippen MR) is 102 cm³/mol. The predicted octanol–water partition coefficient (Wildman–Crippen LogP) is 3.22. The second kappa shape index (κ2) is 11.4. The van der Waals surface area contributed by atoms with E-state index in [4.69, 9.17) is 4.74 Å². The van der Waals surface area contributed by atoms with Gasteiger partial charge in [0.15, 0.2) is 17.5 Å². The second-order valence-electron chi connectivity index (χ2n) is 4.95. The maximum Gasteiger partial charge on any atom is 0.193 e. The van der Waals surface area contributed by atoms with Crippen molar-refractivity contribution in [3.63, 3.8) is 0 Å². The fourth-order valence-corrected chi connectivity index (χ4v) is 1.97. The van der Waals surface area contributed by atoms with E-state index in [1.165, 1.54) is 0 Å². The minimum absolute atomic E-state index is 0. The Morgan fingerprint density at radius 3 is 2.64 bits per heavy atom. The van der Waals surface area contributed by atoms with Crippen LogP contribution in [0, 0.1) is 0 Å². The van der Waals surface area contributed by atoms with Gasteiger partial charge in [-0.15, -0.1) is 24.0 Å². The van der Waals surface area contributed by atoms with Crippen molar-refractivity contribution < 1.29 is 9.84 Å². The third-order valence-electron chi connectivity index (χ3n) is 3.20. The number of ether oxygens (including phenoxy) is 1. The van der Waals surface area contributed by atoms with Gasteiger partial charge >= 0.3 is 0 Å². The Kier molecular flexibility index (Phi) is 10.8. The Morgan fingerprint density at radius 2 is 2.09 bits per heavy atom. The van der Waals surface area contributed by atoms with E-state index in [2.05, 4.69) is 29.1 Å². The lowest BCUT2D eigenvalue weighted by Crippen LogP contribution is -2.39. The summed E-state index contributed by atoms with van der Waals surface area (Å²) in [6, 6.07) is 5.36. The zero-order chi connectivity index (χ0) is 15.7. The first-order valence-corrected chi connectivity index (χ1v) is 7.47. The molecule has 0 heterocycles. The zero-order valence-corrected chi connectivity index (χ0v) is 16.3. The minimum atomic E-state index is 0. The Labute approximate surface area is 150 Å². The molecule has 126 valence electrons. The average Bonchev–Trinajstić information content (AvgIpc) is 2.49. The van der Waals surface area contributed by atoms with Gasteiger partial charge in [-0.05, 0) is 31.0 Å². The van der Waals surface area contributed by atoms with E-state index in [0.29, 0.717) is 12.3 Å². The molecule has 5 nitrogen and oxygen atoms in total. The first kappa shape index (κ1) is 20.8. The molecule has 2 N–H and O–H groups in total. The first-order chi connectivity index (χ1) is 10.1. The van der Waals surface area contributed by atoms with Crippen molar-refractivity contribution >= 4 is 29.9 Å². The van der Waals surface area contributed by atoms with E-state index >= 15 is 0 Å². The van der Waals surface area contributed by atoms with Crippen molar-refractivity contribution in [1.82, 2.24) is 10.2 Å². The molecule has 22 heavy (non-hydrogen) atoms. The van der Waals surface area contributed by atoms with E-state index in [0.717, 1.165) is 37.5 Å². The van der Waals surface area contributed by atoms with E-state index in [1.807, 2.05) is 13.1 Å². The van der Waals surface area contributed by atoms with Crippen LogP contribution >= 0.6 is 24.0 Å². The number of nitrogens with zero attached hydrogens (tertiary/aromatic N) is 2. The Hall–Kier alpha value is -1.18. The quantitative estimate of drug-likeness (QED) is 0.403. The van der Waals surface area contributed by atoms with Crippen molar-refractivity contribution in [2.45, 2.75) is 33.2 Å². The zero-order valence-electron chi connectivity index (χ0n) is 13.9. The lowest BCUT2D eigenvalue weighted by atomic mass is 10.2. The van der Waals surface area contributed by atoms with Gasteiger partial charge in [0, 0.05) is 20.1 Å². The molecular weight excluding hydrogens is 393 g/mol. The number of hydrogen-bond acceptors (Lipinski definition) is 3. The monoisotopic (exact) mass is 421 g/mol. The summed E-state index contributed by atoms with van der Waals surface area (Å²) in [6.45, 7) is 6.58. The highest BCUT2D eigenvalue weighted by atomic mass is 127. The van der Waals surface area contributed by atoms with Crippen LogP contribution in [0.1, 0.15) is 32.3 Å². The van der Waals surface area contributed by atoms with Crippen molar-refractivity contribution in [3.05, 3.63) is 23.8 Å². The average molecular weight is 421 g/mol. The molecule has 0 amide bonds. The largest absolute Gasteiger partial charge is 0.504 e. The summed E-state index contributed by atoms with van der Waals surface area (Å²) in [6.07, 6.45) is 2.31. The number of methoxy groups -OCH3 is 1. The first-order valence-electron chi connectivity index (χ1n) is 7.47. The number of rotatable bonds is 7. The molecule has 0 saturated heterocycles. The Balaban J connectivity index is 0.00000441. The molecule has 0 aromatic heterocycles. The Morgan fingerprint density at radius 1 is 1.36 bits per heavy atom. The van der Waals surface area contributed by atoms with Crippen LogP contribution in [0.4, 0.5) is 0 Å². The molecule has 0 aliphatic carbocycles. The molecule has 1 aromatic rings. The lowest BCUT2D eigenvalue weighted by molar-refractivity contribution is 0.373. The number of guanidine groups is 1. The minimum Gasteiger partial charge on any atom is -0.504 e.